The van der Waals surface area contributed by atoms with Gasteiger partial charge in [-0.1, -0.05) is 0 Å². The van der Waals surface area contributed by atoms with Crippen LogP contribution in [-0.4, -0.2) is 65.8 Å². The van der Waals surface area contributed by atoms with E-state index < -0.39 is 5.97 Å². The van der Waals surface area contributed by atoms with Crippen molar-refractivity contribution < 1.29 is 19.4 Å². The van der Waals surface area contributed by atoms with Crippen LogP contribution in [0.1, 0.15) is 44.9 Å². The Balaban J connectivity index is 1.88. The van der Waals surface area contributed by atoms with Crippen molar-refractivity contribution in [1.29, 1.82) is 0 Å². The summed E-state index contributed by atoms with van der Waals surface area (Å²) in [6.07, 6.45) is 5.90. The molecule has 0 aromatic rings. The zero-order chi connectivity index (χ0) is 15.2. The minimum Gasteiger partial charge on any atom is -0.481 e. The Morgan fingerprint density at radius 2 is 2.10 bits per heavy atom. The molecule has 2 saturated heterocycles. The molecule has 2 fully saturated rings. The van der Waals surface area contributed by atoms with Crippen LogP contribution in [0.15, 0.2) is 0 Å². The van der Waals surface area contributed by atoms with Crippen LogP contribution in [0.4, 0.5) is 4.79 Å². The van der Waals surface area contributed by atoms with Gasteiger partial charge >= 0.3 is 12.0 Å². The Morgan fingerprint density at radius 3 is 2.76 bits per heavy atom. The number of likely N-dealkylation sites (N-methyl/N-ethyl adjacent to an activating group) is 1. The van der Waals surface area contributed by atoms with E-state index in [0.717, 1.165) is 45.3 Å². The molecule has 0 saturated carbocycles. The number of amides is 2. The highest BCUT2D eigenvalue weighted by molar-refractivity contribution is 5.75. The van der Waals surface area contributed by atoms with E-state index in [4.69, 9.17) is 9.84 Å². The summed E-state index contributed by atoms with van der Waals surface area (Å²) in [5.74, 6) is -0.791. The van der Waals surface area contributed by atoms with Crippen molar-refractivity contribution in [2.75, 3.05) is 26.7 Å². The van der Waals surface area contributed by atoms with Crippen molar-refractivity contribution in [3.63, 3.8) is 0 Å². The Hall–Kier alpha value is -1.30. The summed E-state index contributed by atoms with van der Waals surface area (Å²) in [7, 11) is 1.81. The second-order valence-electron chi connectivity index (χ2n) is 6.07. The maximum Gasteiger partial charge on any atom is 0.320 e. The number of nitrogens with zero attached hydrogens (tertiary/aromatic N) is 2. The molecule has 0 radical (unpaired) electrons. The van der Waals surface area contributed by atoms with Crippen LogP contribution in [0.3, 0.4) is 0 Å². The van der Waals surface area contributed by atoms with Crippen LogP contribution >= 0.6 is 0 Å². The van der Waals surface area contributed by atoms with Crippen LogP contribution in [-0.2, 0) is 9.53 Å². The van der Waals surface area contributed by atoms with Crippen molar-refractivity contribution in [1.82, 2.24) is 9.80 Å². The predicted octanol–water partition coefficient (Wildman–Crippen LogP) is 1.94. The minimum absolute atomic E-state index is 0.0144. The minimum atomic E-state index is -0.791. The molecule has 6 heteroatoms. The second-order valence-corrected chi connectivity index (χ2v) is 6.07. The predicted molar refractivity (Wildman–Crippen MR) is 78.2 cm³/mol. The number of hydrogen-bond acceptors (Lipinski definition) is 3. The van der Waals surface area contributed by atoms with Gasteiger partial charge in [0.1, 0.15) is 0 Å². The van der Waals surface area contributed by atoms with Crippen LogP contribution in [0, 0.1) is 0 Å². The van der Waals surface area contributed by atoms with Crippen molar-refractivity contribution in [2.24, 2.45) is 0 Å². The van der Waals surface area contributed by atoms with E-state index in [2.05, 4.69) is 0 Å². The lowest BCUT2D eigenvalue weighted by Gasteiger charge is -2.38. The smallest absolute Gasteiger partial charge is 0.320 e. The lowest BCUT2D eigenvalue weighted by molar-refractivity contribution is -0.137. The fourth-order valence-electron chi connectivity index (χ4n) is 3.23. The monoisotopic (exact) mass is 298 g/mol. The lowest BCUT2D eigenvalue weighted by Crippen LogP contribution is -2.50. The summed E-state index contributed by atoms with van der Waals surface area (Å²) in [6.45, 7) is 2.15. The van der Waals surface area contributed by atoms with E-state index in [0.29, 0.717) is 13.0 Å². The third kappa shape index (κ3) is 4.59. The van der Waals surface area contributed by atoms with Crippen LogP contribution in [0.5, 0.6) is 0 Å². The number of carboxylic acid groups (broad SMARTS) is 1. The average Bonchev–Trinajstić information content (AvgIpc) is 2.97. The third-order valence-electron chi connectivity index (χ3n) is 4.39. The van der Waals surface area contributed by atoms with Gasteiger partial charge in [0, 0.05) is 39.2 Å². The summed E-state index contributed by atoms with van der Waals surface area (Å²) < 4.78 is 5.58. The summed E-state index contributed by atoms with van der Waals surface area (Å²) in [5.41, 5.74) is 0. The molecule has 2 unspecified atom stereocenters. The molecule has 2 aliphatic rings. The molecule has 2 rings (SSSR count). The molecule has 6 nitrogen and oxygen atoms in total. The average molecular weight is 298 g/mol. The molecule has 0 aromatic heterocycles. The van der Waals surface area contributed by atoms with Crippen molar-refractivity contribution in [3.05, 3.63) is 0 Å². The highest BCUT2D eigenvalue weighted by Gasteiger charge is 2.30. The molecule has 1 N–H and O–H groups in total. The molecular formula is C15H26N2O4. The van der Waals surface area contributed by atoms with Gasteiger partial charge in [0.05, 0.1) is 6.10 Å². The van der Waals surface area contributed by atoms with E-state index in [-0.39, 0.29) is 24.6 Å². The Labute approximate surface area is 126 Å². The van der Waals surface area contributed by atoms with E-state index in [1.807, 2.05) is 11.9 Å². The van der Waals surface area contributed by atoms with Crippen molar-refractivity contribution >= 4 is 12.0 Å². The van der Waals surface area contributed by atoms with Gasteiger partial charge in [-0.15, -0.1) is 0 Å². The molecule has 2 aliphatic heterocycles. The first kappa shape index (κ1) is 16.1. The van der Waals surface area contributed by atoms with Gasteiger partial charge in [-0.25, -0.2) is 4.79 Å². The van der Waals surface area contributed by atoms with E-state index in [1.54, 1.807) is 4.90 Å². The van der Waals surface area contributed by atoms with Gasteiger partial charge in [-0.2, -0.15) is 0 Å². The zero-order valence-corrected chi connectivity index (χ0v) is 12.8. The topological polar surface area (TPSA) is 70.1 Å². The standard InChI is InChI=1S/C15H26N2O4/c1-16(11-13-6-4-10-21-13)15(20)17-9-3-2-5-12(17)7-8-14(18)19/h12-13H,2-11H2,1H3,(H,18,19). The third-order valence-corrected chi connectivity index (χ3v) is 4.39. The first-order valence-electron chi connectivity index (χ1n) is 7.93. The summed E-state index contributed by atoms with van der Waals surface area (Å²) in [6, 6.07) is 0.0786. The first-order chi connectivity index (χ1) is 10.1. The van der Waals surface area contributed by atoms with E-state index in [9.17, 15) is 9.59 Å². The number of hydrogen-bond donors (Lipinski definition) is 1. The number of likely N-dealkylation sites (tertiary alicyclic amines) is 1. The van der Waals surface area contributed by atoms with Gasteiger partial charge in [0.15, 0.2) is 0 Å². The van der Waals surface area contributed by atoms with E-state index >= 15 is 0 Å². The van der Waals surface area contributed by atoms with Crippen LogP contribution in [0.2, 0.25) is 0 Å². The number of carboxylic acids is 1. The summed E-state index contributed by atoms with van der Waals surface area (Å²) in [5, 5.41) is 8.84. The van der Waals surface area contributed by atoms with Crippen molar-refractivity contribution in [3.8, 4) is 0 Å². The van der Waals surface area contributed by atoms with Crippen LogP contribution in [0.25, 0.3) is 0 Å². The second kappa shape index (κ2) is 7.64. The number of rotatable bonds is 5. The number of piperidine rings is 1. The molecular weight excluding hydrogens is 272 g/mol. The number of carbonyl (C=O) groups is 2. The number of aliphatic carboxylic acids is 1. The normalized spacial score (nSPS) is 25.9. The lowest BCUT2D eigenvalue weighted by atomic mass is 9.98. The zero-order valence-electron chi connectivity index (χ0n) is 12.8. The maximum atomic E-state index is 12.6. The number of carbonyl (C=O) groups excluding carboxylic acids is 1. The molecule has 120 valence electrons. The van der Waals surface area contributed by atoms with Gasteiger partial charge in [0.25, 0.3) is 0 Å². The Morgan fingerprint density at radius 1 is 1.29 bits per heavy atom. The highest BCUT2D eigenvalue weighted by atomic mass is 16.5. The number of ether oxygens (including phenoxy) is 1. The highest BCUT2D eigenvalue weighted by Crippen LogP contribution is 2.23. The summed E-state index contributed by atoms with van der Waals surface area (Å²) in [4.78, 5) is 26.9. The molecule has 0 spiro atoms. The Kier molecular flexibility index (Phi) is 5.85. The molecule has 2 heterocycles. The molecule has 0 aliphatic carbocycles. The maximum absolute atomic E-state index is 12.6. The van der Waals surface area contributed by atoms with Gasteiger partial charge < -0.3 is 19.6 Å². The van der Waals surface area contributed by atoms with Crippen molar-refractivity contribution in [2.45, 2.75) is 57.1 Å². The largest absolute Gasteiger partial charge is 0.481 e. The van der Waals surface area contributed by atoms with Gasteiger partial charge in [-0.05, 0) is 38.5 Å². The molecule has 0 aromatic carbocycles. The quantitative estimate of drug-likeness (QED) is 0.842. The first-order valence-corrected chi connectivity index (χ1v) is 7.93. The fraction of sp³-hybridized carbons (Fsp3) is 0.867. The fourth-order valence-corrected chi connectivity index (χ4v) is 3.23. The van der Waals surface area contributed by atoms with Gasteiger partial charge in [-0.3, -0.25) is 4.79 Å². The molecule has 2 atom stereocenters. The number of urea groups is 1. The Bertz CT molecular complexity index is 369. The summed E-state index contributed by atoms with van der Waals surface area (Å²) >= 11 is 0. The molecule has 21 heavy (non-hydrogen) atoms. The van der Waals surface area contributed by atoms with E-state index in [1.165, 1.54) is 0 Å². The van der Waals surface area contributed by atoms with Crippen LogP contribution < -0.4 is 0 Å². The SMILES string of the molecule is CN(CC1CCCO1)C(=O)N1CCCCC1CCC(=O)O. The molecule has 0 bridgehead atoms. The van der Waals surface area contributed by atoms with Gasteiger partial charge in [0.2, 0.25) is 0 Å². The molecule has 2 amide bonds.